The summed E-state index contributed by atoms with van der Waals surface area (Å²) in [7, 11) is 0. The summed E-state index contributed by atoms with van der Waals surface area (Å²) in [5, 5.41) is 3.58. The normalized spacial score (nSPS) is 13.7. The van der Waals surface area contributed by atoms with Gasteiger partial charge in [-0.15, -0.1) is 11.3 Å². The summed E-state index contributed by atoms with van der Waals surface area (Å²) in [6.45, 7) is 9.91. The van der Waals surface area contributed by atoms with Crippen molar-refractivity contribution in [3.05, 3.63) is 44.4 Å². The van der Waals surface area contributed by atoms with Crippen molar-refractivity contribution in [2.45, 2.75) is 45.6 Å². The van der Waals surface area contributed by atoms with Crippen LogP contribution in [0.4, 0.5) is 0 Å². The fraction of sp³-hybridized carbons (Fsp3) is 0.500. The first kappa shape index (κ1) is 15.8. The lowest BCUT2D eigenvalue weighted by Gasteiger charge is -2.17. The second-order valence-electron chi connectivity index (χ2n) is 5.98. The number of furan rings is 1. The van der Waals surface area contributed by atoms with Crippen LogP contribution in [0.2, 0.25) is 0 Å². The number of halogens is 1. The van der Waals surface area contributed by atoms with Gasteiger partial charge in [0.25, 0.3) is 0 Å². The van der Waals surface area contributed by atoms with Crippen molar-refractivity contribution >= 4 is 27.3 Å². The Balaban J connectivity index is 2.29. The molecule has 0 radical (unpaired) electrons. The molecule has 0 aliphatic rings. The third-order valence-corrected chi connectivity index (χ3v) is 5.13. The summed E-state index contributed by atoms with van der Waals surface area (Å²) in [5.41, 5.74) is 0.196. The molecule has 2 rings (SSSR count). The van der Waals surface area contributed by atoms with Crippen LogP contribution in [0.1, 0.15) is 55.7 Å². The standard InChI is InChI=1S/C16H22BrNOS/c1-5-10-18-15(11-6-9-14(17)19-11)12-7-8-13(20-12)16(2,3)4/h6-9,15,18H,5,10H2,1-4H3. The summed E-state index contributed by atoms with van der Waals surface area (Å²) in [4.78, 5) is 2.71. The van der Waals surface area contributed by atoms with E-state index < -0.39 is 0 Å². The summed E-state index contributed by atoms with van der Waals surface area (Å²) in [5.74, 6) is 0.965. The molecule has 0 saturated carbocycles. The van der Waals surface area contributed by atoms with Gasteiger partial charge in [0.1, 0.15) is 11.8 Å². The molecule has 2 aromatic heterocycles. The van der Waals surface area contributed by atoms with E-state index in [9.17, 15) is 0 Å². The Kier molecular flexibility index (Phi) is 5.10. The van der Waals surface area contributed by atoms with E-state index >= 15 is 0 Å². The van der Waals surface area contributed by atoms with Gasteiger partial charge in [0, 0.05) is 9.75 Å². The lowest BCUT2D eigenvalue weighted by atomic mass is 9.95. The predicted molar refractivity (Wildman–Crippen MR) is 89.6 cm³/mol. The first-order chi connectivity index (χ1) is 9.41. The zero-order valence-corrected chi connectivity index (χ0v) is 14.9. The van der Waals surface area contributed by atoms with Crippen LogP contribution in [0.15, 0.2) is 33.4 Å². The highest BCUT2D eigenvalue weighted by molar-refractivity contribution is 9.10. The maximum atomic E-state index is 5.75. The summed E-state index contributed by atoms with van der Waals surface area (Å²) in [6, 6.07) is 8.58. The fourth-order valence-electron chi connectivity index (χ4n) is 2.02. The lowest BCUT2D eigenvalue weighted by Crippen LogP contribution is -2.21. The Labute approximate surface area is 133 Å². The second-order valence-corrected chi connectivity index (χ2v) is 7.88. The molecule has 0 spiro atoms. The zero-order chi connectivity index (χ0) is 14.8. The summed E-state index contributed by atoms with van der Waals surface area (Å²) in [6.07, 6.45) is 1.11. The largest absolute Gasteiger partial charge is 0.452 e. The van der Waals surface area contributed by atoms with E-state index in [1.54, 1.807) is 0 Å². The molecule has 2 nitrogen and oxygen atoms in total. The average molecular weight is 356 g/mol. The molecule has 0 aromatic carbocycles. The van der Waals surface area contributed by atoms with Gasteiger partial charge in [-0.05, 0) is 58.6 Å². The minimum absolute atomic E-state index is 0.141. The van der Waals surface area contributed by atoms with Crippen LogP contribution in [0, 0.1) is 0 Å². The average Bonchev–Trinajstić information content (AvgIpc) is 2.99. The Morgan fingerprint density at radius 1 is 1.25 bits per heavy atom. The molecule has 0 saturated heterocycles. The van der Waals surface area contributed by atoms with Crippen LogP contribution < -0.4 is 5.32 Å². The minimum atomic E-state index is 0.141. The molecule has 0 bridgehead atoms. The lowest BCUT2D eigenvalue weighted by molar-refractivity contribution is 0.436. The van der Waals surface area contributed by atoms with Crippen LogP contribution in [-0.4, -0.2) is 6.54 Å². The summed E-state index contributed by atoms with van der Waals surface area (Å²) >= 11 is 5.25. The molecule has 2 aromatic rings. The molecule has 110 valence electrons. The first-order valence-electron chi connectivity index (χ1n) is 7.00. The van der Waals surface area contributed by atoms with Gasteiger partial charge >= 0.3 is 0 Å². The van der Waals surface area contributed by atoms with E-state index in [0.717, 1.165) is 23.4 Å². The molecule has 4 heteroatoms. The van der Waals surface area contributed by atoms with Crippen molar-refractivity contribution in [1.29, 1.82) is 0 Å². The Hall–Kier alpha value is -0.580. The molecule has 0 aliphatic heterocycles. The number of thiophene rings is 1. The first-order valence-corrected chi connectivity index (χ1v) is 8.61. The minimum Gasteiger partial charge on any atom is -0.452 e. The van der Waals surface area contributed by atoms with Crippen LogP contribution in [0.5, 0.6) is 0 Å². The van der Waals surface area contributed by atoms with Crippen LogP contribution >= 0.6 is 27.3 Å². The number of rotatable bonds is 5. The van der Waals surface area contributed by atoms with Crippen LogP contribution in [0.3, 0.4) is 0 Å². The molecule has 0 fully saturated rings. The highest BCUT2D eigenvalue weighted by Gasteiger charge is 2.22. The van der Waals surface area contributed by atoms with E-state index in [1.807, 2.05) is 23.5 Å². The van der Waals surface area contributed by atoms with Gasteiger partial charge in [-0.2, -0.15) is 0 Å². The van der Waals surface area contributed by atoms with Crippen molar-refractivity contribution in [1.82, 2.24) is 5.32 Å². The van der Waals surface area contributed by atoms with E-state index in [-0.39, 0.29) is 11.5 Å². The van der Waals surface area contributed by atoms with Gasteiger partial charge < -0.3 is 9.73 Å². The molecule has 1 atom stereocenters. The van der Waals surface area contributed by atoms with Crippen molar-refractivity contribution in [3.8, 4) is 0 Å². The van der Waals surface area contributed by atoms with Gasteiger partial charge in [0.15, 0.2) is 4.67 Å². The van der Waals surface area contributed by atoms with Crippen molar-refractivity contribution in [3.63, 3.8) is 0 Å². The fourth-order valence-corrected chi connectivity index (χ4v) is 3.49. The van der Waals surface area contributed by atoms with E-state index in [4.69, 9.17) is 4.42 Å². The monoisotopic (exact) mass is 355 g/mol. The molecule has 2 heterocycles. The molecule has 1 unspecified atom stereocenters. The highest BCUT2D eigenvalue weighted by Crippen LogP contribution is 2.35. The van der Waals surface area contributed by atoms with Crippen LogP contribution in [-0.2, 0) is 5.41 Å². The zero-order valence-electron chi connectivity index (χ0n) is 12.5. The molecular weight excluding hydrogens is 334 g/mol. The molecule has 0 aliphatic carbocycles. The second kappa shape index (κ2) is 6.46. The third kappa shape index (κ3) is 3.74. The van der Waals surface area contributed by atoms with Crippen molar-refractivity contribution in [2.24, 2.45) is 0 Å². The maximum Gasteiger partial charge on any atom is 0.169 e. The molecule has 1 N–H and O–H groups in total. The Morgan fingerprint density at radius 3 is 2.50 bits per heavy atom. The van der Waals surface area contributed by atoms with E-state index in [0.29, 0.717) is 0 Å². The van der Waals surface area contributed by atoms with Gasteiger partial charge in [-0.3, -0.25) is 0 Å². The quantitative estimate of drug-likeness (QED) is 0.766. The maximum absolute atomic E-state index is 5.75. The van der Waals surface area contributed by atoms with E-state index in [2.05, 4.69) is 61.1 Å². The summed E-state index contributed by atoms with van der Waals surface area (Å²) < 4.78 is 6.53. The topological polar surface area (TPSA) is 25.2 Å². The van der Waals surface area contributed by atoms with Crippen LogP contribution in [0.25, 0.3) is 0 Å². The molecule has 0 amide bonds. The van der Waals surface area contributed by atoms with Gasteiger partial charge in [-0.25, -0.2) is 0 Å². The smallest absolute Gasteiger partial charge is 0.169 e. The molecule has 20 heavy (non-hydrogen) atoms. The van der Waals surface area contributed by atoms with Crippen molar-refractivity contribution < 1.29 is 4.42 Å². The predicted octanol–water partition coefficient (Wildman–Crippen LogP) is 5.49. The number of hydrogen-bond donors (Lipinski definition) is 1. The van der Waals surface area contributed by atoms with Gasteiger partial charge in [0.2, 0.25) is 0 Å². The Bertz CT molecular complexity index is 553. The SMILES string of the molecule is CCCNC(c1ccc(Br)o1)c1ccc(C(C)(C)C)s1. The van der Waals surface area contributed by atoms with Gasteiger partial charge in [0.05, 0.1) is 0 Å². The molecular formula is C16H22BrNOS. The van der Waals surface area contributed by atoms with Gasteiger partial charge in [-0.1, -0.05) is 27.7 Å². The number of hydrogen-bond acceptors (Lipinski definition) is 3. The number of nitrogens with one attached hydrogen (secondary N) is 1. The van der Waals surface area contributed by atoms with E-state index in [1.165, 1.54) is 9.75 Å². The highest BCUT2D eigenvalue weighted by atomic mass is 79.9. The van der Waals surface area contributed by atoms with Crippen molar-refractivity contribution in [2.75, 3.05) is 6.54 Å². The third-order valence-electron chi connectivity index (χ3n) is 3.13. The Morgan fingerprint density at radius 2 is 2.00 bits per heavy atom.